The van der Waals surface area contributed by atoms with E-state index in [1.807, 2.05) is 29.2 Å². The van der Waals surface area contributed by atoms with Gasteiger partial charge in [0, 0.05) is 38.3 Å². The highest BCUT2D eigenvalue weighted by atomic mass is 16.5. The molecule has 0 saturated carbocycles. The lowest BCUT2D eigenvalue weighted by Gasteiger charge is -2.36. The van der Waals surface area contributed by atoms with E-state index >= 15 is 0 Å². The first-order valence-electron chi connectivity index (χ1n) is 10.6. The van der Waals surface area contributed by atoms with Gasteiger partial charge in [0.1, 0.15) is 5.75 Å². The van der Waals surface area contributed by atoms with Crippen LogP contribution in [0.1, 0.15) is 32.4 Å². The molecule has 0 spiro atoms. The van der Waals surface area contributed by atoms with Crippen molar-refractivity contribution in [3.8, 4) is 5.75 Å². The second-order valence-corrected chi connectivity index (χ2v) is 7.55. The lowest BCUT2D eigenvalue weighted by atomic mass is 10.1. The van der Waals surface area contributed by atoms with Crippen molar-refractivity contribution in [1.29, 1.82) is 0 Å². The van der Waals surface area contributed by atoms with E-state index in [4.69, 9.17) is 14.2 Å². The van der Waals surface area contributed by atoms with Crippen molar-refractivity contribution in [2.24, 2.45) is 0 Å². The van der Waals surface area contributed by atoms with Crippen LogP contribution in [0.3, 0.4) is 0 Å². The Morgan fingerprint density at radius 1 is 1.03 bits per heavy atom. The fourth-order valence-corrected chi connectivity index (χ4v) is 3.70. The third-order valence-corrected chi connectivity index (χ3v) is 5.52. The predicted octanol–water partition coefficient (Wildman–Crippen LogP) is 3.18. The molecule has 170 valence electrons. The Morgan fingerprint density at radius 2 is 1.72 bits per heavy atom. The Labute approximate surface area is 189 Å². The van der Waals surface area contributed by atoms with Crippen molar-refractivity contribution in [2.45, 2.75) is 6.10 Å². The Kier molecular flexibility index (Phi) is 8.41. The van der Waals surface area contributed by atoms with Gasteiger partial charge in [0.2, 0.25) is 0 Å². The molecule has 1 atom stereocenters. The second kappa shape index (κ2) is 11.5. The average Bonchev–Trinajstić information content (AvgIpc) is 2.86. The SMILES string of the molecule is C=CCOC(CN1CCN(C(=O)c2ccc(C(=O)OC)cc2)CC1)c1cccc(OC)c1. The number of ether oxygens (including phenoxy) is 3. The number of esters is 1. The van der Waals surface area contributed by atoms with E-state index in [-0.39, 0.29) is 12.0 Å². The Balaban J connectivity index is 1.59. The minimum Gasteiger partial charge on any atom is -0.497 e. The molecule has 2 aromatic rings. The summed E-state index contributed by atoms with van der Waals surface area (Å²) < 4.78 is 16.1. The number of rotatable bonds is 9. The van der Waals surface area contributed by atoms with Crippen molar-refractivity contribution in [3.05, 3.63) is 77.9 Å². The number of carbonyl (C=O) groups is 2. The van der Waals surface area contributed by atoms with E-state index < -0.39 is 5.97 Å². The summed E-state index contributed by atoms with van der Waals surface area (Å²) in [5.41, 5.74) is 2.04. The van der Waals surface area contributed by atoms with Gasteiger partial charge < -0.3 is 19.1 Å². The molecule has 7 heteroatoms. The molecule has 0 radical (unpaired) electrons. The van der Waals surface area contributed by atoms with Gasteiger partial charge in [0.15, 0.2) is 0 Å². The van der Waals surface area contributed by atoms with Gasteiger partial charge in [0.05, 0.1) is 32.5 Å². The lowest BCUT2D eigenvalue weighted by Crippen LogP contribution is -2.49. The molecule has 3 rings (SSSR count). The fraction of sp³-hybridized carbons (Fsp3) is 0.360. The van der Waals surface area contributed by atoms with Crippen LogP contribution < -0.4 is 4.74 Å². The molecule has 1 amide bonds. The largest absolute Gasteiger partial charge is 0.497 e. The van der Waals surface area contributed by atoms with Crippen LogP contribution in [0.25, 0.3) is 0 Å². The molecule has 1 unspecified atom stereocenters. The zero-order valence-corrected chi connectivity index (χ0v) is 18.7. The van der Waals surface area contributed by atoms with Gasteiger partial charge in [-0.15, -0.1) is 6.58 Å². The minimum absolute atomic E-state index is 0.0340. The Morgan fingerprint density at radius 3 is 2.34 bits per heavy atom. The molecule has 0 bridgehead atoms. The number of amides is 1. The molecule has 1 aliphatic heterocycles. The summed E-state index contributed by atoms with van der Waals surface area (Å²) in [4.78, 5) is 28.6. The summed E-state index contributed by atoms with van der Waals surface area (Å²) in [6.07, 6.45) is 1.63. The molecule has 0 N–H and O–H groups in total. The third kappa shape index (κ3) is 5.96. The third-order valence-electron chi connectivity index (χ3n) is 5.52. The zero-order chi connectivity index (χ0) is 22.9. The van der Waals surface area contributed by atoms with E-state index in [9.17, 15) is 9.59 Å². The molecule has 1 fully saturated rings. The van der Waals surface area contributed by atoms with Crippen LogP contribution in [0.4, 0.5) is 0 Å². The fourth-order valence-electron chi connectivity index (χ4n) is 3.70. The number of nitrogens with zero attached hydrogens (tertiary/aromatic N) is 2. The number of hydrogen-bond acceptors (Lipinski definition) is 6. The van der Waals surface area contributed by atoms with E-state index in [1.54, 1.807) is 37.5 Å². The maximum atomic E-state index is 12.9. The predicted molar refractivity (Wildman–Crippen MR) is 122 cm³/mol. The number of benzene rings is 2. The van der Waals surface area contributed by atoms with Crippen LogP contribution in [-0.2, 0) is 9.47 Å². The summed E-state index contributed by atoms with van der Waals surface area (Å²) in [6.45, 7) is 7.70. The highest BCUT2D eigenvalue weighted by Crippen LogP contribution is 2.24. The monoisotopic (exact) mass is 438 g/mol. The molecule has 2 aromatic carbocycles. The van der Waals surface area contributed by atoms with Gasteiger partial charge in [-0.25, -0.2) is 4.79 Å². The highest BCUT2D eigenvalue weighted by Gasteiger charge is 2.25. The Hall–Kier alpha value is -3.16. The second-order valence-electron chi connectivity index (χ2n) is 7.55. The zero-order valence-electron chi connectivity index (χ0n) is 18.7. The van der Waals surface area contributed by atoms with Crippen LogP contribution in [-0.4, -0.2) is 75.2 Å². The van der Waals surface area contributed by atoms with Gasteiger partial charge >= 0.3 is 5.97 Å². The van der Waals surface area contributed by atoms with E-state index in [2.05, 4.69) is 11.5 Å². The van der Waals surface area contributed by atoms with Crippen LogP contribution in [0, 0.1) is 0 Å². The molecular formula is C25H30N2O5. The van der Waals surface area contributed by atoms with Crippen molar-refractivity contribution in [3.63, 3.8) is 0 Å². The molecule has 0 aliphatic carbocycles. The smallest absolute Gasteiger partial charge is 0.337 e. The number of carbonyl (C=O) groups excluding carboxylic acids is 2. The quantitative estimate of drug-likeness (QED) is 0.443. The molecule has 1 saturated heterocycles. The van der Waals surface area contributed by atoms with Gasteiger partial charge in [0.25, 0.3) is 5.91 Å². The van der Waals surface area contributed by atoms with Crippen LogP contribution in [0.2, 0.25) is 0 Å². The first kappa shape index (κ1) is 23.5. The molecule has 7 nitrogen and oxygen atoms in total. The Bertz CT molecular complexity index is 920. The number of methoxy groups -OCH3 is 2. The van der Waals surface area contributed by atoms with Crippen LogP contribution in [0.5, 0.6) is 5.75 Å². The summed E-state index contributed by atoms with van der Waals surface area (Å²) in [7, 11) is 2.99. The van der Waals surface area contributed by atoms with E-state index in [0.29, 0.717) is 30.8 Å². The number of piperazine rings is 1. The van der Waals surface area contributed by atoms with Crippen molar-refractivity contribution < 1.29 is 23.8 Å². The number of hydrogen-bond donors (Lipinski definition) is 0. The maximum Gasteiger partial charge on any atom is 0.337 e. The summed E-state index contributed by atoms with van der Waals surface area (Å²) >= 11 is 0. The summed E-state index contributed by atoms with van der Waals surface area (Å²) in [5, 5.41) is 0. The van der Waals surface area contributed by atoms with Crippen LogP contribution in [0.15, 0.2) is 61.2 Å². The van der Waals surface area contributed by atoms with Gasteiger partial charge in [-0.2, -0.15) is 0 Å². The molecule has 1 heterocycles. The maximum absolute atomic E-state index is 12.9. The van der Waals surface area contributed by atoms with Crippen molar-refractivity contribution in [2.75, 3.05) is 53.6 Å². The first-order valence-corrected chi connectivity index (χ1v) is 10.6. The molecule has 32 heavy (non-hydrogen) atoms. The van der Waals surface area contributed by atoms with Gasteiger partial charge in [-0.3, -0.25) is 9.69 Å². The summed E-state index contributed by atoms with van der Waals surface area (Å²) in [6, 6.07) is 14.5. The van der Waals surface area contributed by atoms with Gasteiger partial charge in [-0.05, 0) is 42.0 Å². The molecule has 0 aromatic heterocycles. The normalized spacial score (nSPS) is 15.1. The standard InChI is InChI=1S/C25H30N2O5/c1-4-16-32-23(21-6-5-7-22(17-21)30-2)18-26-12-14-27(15-13-26)24(28)19-8-10-20(11-9-19)25(29)31-3/h4-11,17,23H,1,12-16,18H2,2-3H3. The molecule has 1 aliphatic rings. The van der Waals surface area contributed by atoms with Crippen molar-refractivity contribution >= 4 is 11.9 Å². The van der Waals surface area contributed by atoms with Gasteiger partial charge in [-0.1, -0.05) is 18.2 Å². The highest BCUT2D eigenvalue weighted by molar-refractivity contribution is 5.96. The van der Waals surface area contributed by atoms with E-state index in [0.717, 1.165) is 30.9 Å². The molecular weight excluding hydrogens is 408 g/mol. The average molecular weight is 439 g/mol. The summed E-state index contributed by atoms with van der Waals surface area (Å²) in [5.74, 6) is 0.346. The first-order chi connectivity index (χ1) is 15.5. The topological polar surface area (TPSA) is 68.3 Å². The van der Waals surface area contributed by atoms with Crippen molar-refractivity contribution in [1.82, 2.24) is 9.80 Å². The minimum atomic E-state index is -0.415. The van der Waals surface area contributed by atoms with Crippen LogP contribution >= 0.6 is 0 Å². The lowest BCUT2D eigenvalue weighted by molar-refractivity contribution is 0.0244. The van der Waals surface area contributed by atoms with E-state index in [1.165, 1.54) is 7.11 Å².